The van der Waals surface area contributed by atoms with Gasteiger partial charge in [0.15, 0.2) is 0 Å². The van der Waals surface area contributed by atoms with Crippen molar-refractivity contribution in [3.63, 3.8) is 0 Å². The molecule has 42 heavy (non-hydrogen) atoms. The summed E-state index contributed by atoms with van der Waals surface area (Å²) in [4.78, 5) is 33.6. The molecular weight excluding hydrogens is 607 g/mol. The van der Waals surface area contributed by atoms with E-state index < -0.39 is 6.09 Å². The number of hydrogen-bond acceptors (Lipinski definition) is 10. The highest BCUT2D eigenvalue weighted by Gasteiger charge is 2.42. The molecule has 0 bridgehead atoms. The number of thioether (sulfide) groups is 2. The van der Waals surface area contributed by atoms with E-state index in [1.807, 2.05) is 36.4 Å². The fourth-order valence-electron chi connectivity index (χ4n) is 5.52. The van der Waals surface area contributed by atoms with Gasteiger partial charge in [-0.2, -0.15) is 0 Å². The first-order valence-electron chi connectivity index (χ1n) is 14.3. The lowest BCUT2D eigenvalue weighted by molar-refractivity contribution is -0.144. The number of nitrogens with zero attached hydrogens (tertiary/aromatic N) is 2. The molecule has 11 heteroatoms. The van der Waals surface area contributed by atoms with Gasteiger partial charge >= 0.3 is 12.1 Å². The summed E-state index contributed by atoms with van der Waals surface area (Å²) >= 11 is 13.9. The van der Waals surface area contributed by atoms with E-state index in [4.69, 9.17) is 33.9 Å². The largest absolute Gasteiger partial charge is 0.466 e. The van der Waals surface area contributed by atoms with Crippen molar-refractivity contribution in [2.45, 2.75) is 71.8 Å². The molecule has 1 saturated carbocycles. The van der Waals surface area contributed by atoms with E-state index in [9.17, 15) is 9.59 Å². The maximum atomic E-state index is 12.5. The van der Waals surface area contributed by atoms with Gasteiger partial charge in [0.2, 0.25) is 0 Å². The molecule has 2 atom stereocenters. The number of ether oxygens (including phenoxy) is 2. The first-order chi connectivity index (χ1) is 20.1. The third-order valence-electron chi connectivity index (χ3n) is 6.99. The van der Waals surface area contributed by atoms with Crippen molar-refractivity contribution in [2.75, 3.05) is 24.7 Å². The van der Waals surface area contributed by atoms with Gasteiger partial charge in [-0.15, -0.1) is 23.5 Å². The lowest BCUT2D eigenvalue weighted by Crippen LogP contribution is -2.47. The average molecular weight is 648 g/mol. The molecule has 2 aromatic rings. The van der Waals surface area contributed by atoms with E-state index in [-0.39, 0.29) is 22.8 Å². The van der Waals surface area contributed by atoms with Gasteiger partial charge in [0.25, 0.3) is 0 Å². The predicted octanol–water partition coefficient (Wildman–Crippen LogP) is 7.41. The molecule has 1 N–H and O–H groups in total. The zero-order valence-corrected chi connectivity index (χ0v) is 27.9. The van der Waals surface area contributed by atoms with Crippen molar-refractivity contribution < 1.29 is 19.1 Å². The second kappa shape index (κ2) is 17.3. The number of rotatable bonds is 14. The maximum Gasteiger partial charge on any atom is 0.407 e. The van der Waals surface area contributed by atoms with E-state index in [1.165, 1.54) is 0 Å². The van der Waals surface area contributed by atoms with Gasteiger partial charge in [0.05, 0.1) is 33.0 Å². The average Bonchev–Trinajstić information content (AvgIpc) is 2.95. The zero-order chi connectivity index (χ0) is 30.4. The monoisotopic (exact) mass is 647 g/mol. The molecule has 1 aliphatic rings. The Labute approximate surface area is 269 Å². The van der Waals surface area contributed by atoms with Crippen molar-refractivity contribution in [1.29, 1.82) is 0 Å². The maximum absolute atomic E-state index is 12.5. The first-order valence-corrected chi connectivity index (χ1v) is 17.1. The predicted molar refractivity (Wildman–Crippen MR) is 180 cm³/mol. The van der Waals surface area contributed by atoms with Crippen molar-refractivity contribution in [3.8, 4) is 0 Å². The van der Waals surface area contributed by atoms with Crippen LogP contribution in [0.5, 0.6) is 0 Å². The number of carbonyl (C=O) groups is 2. The fourth-order valence-corrected chi connectivity index (χ4v) is 7.70. The van der Waals surface area contributed by atoms with E-state index in [1.54, 1.807) is 35.9 Å². The van der Waals surface area contributed by atoms with Crippen LogP contribution in [-0.4, -0.2) is 61.2 Å². The number of hydrogen-bond donors (Lipinski definition) is 1. The molecule has 228 valence electrons. The highest BCUT2D eigenvalue weighted by atomic mass is 32.2. The SMILES string of the molecule is CC1(C)CC(NC(=O)OCCCSC(=S)c2ccccn2)CC(C)(CCC(=O)OCCCSC(=S)c2ccccn2)C1. The van der Waals surface area contributed by atoms with Crippen LogP contribution in [0.2, 0.25) is 0 Å². The molecule has 0 saturated heterocycles. The Bertz CT molecular complexity index is 1180. The fraction of sp³-hybridized carbons (Fsp3) is 0.548. The van der Waals surface area contributed by atoms with Crippen LogP contribution < -0.4 is 5.32 Å². The second-order valence-electron chi connectivity index (χ2n) is 11.7. The molecule has 0 radical (unpaired) electrons. The van der Waals surface area contributed by atoms with Crippen molar-refractivity contribution in [1.82, 2.24) is 15.3 Å². The van der Waals surface area contributed by atoms with Crippen molar-refractivity contribution in [2.24, 2.45) is 10.8 Å². The van der Waals surface area contributed by atoms with Gasteiger partial charge in [-0.05, 0) is 73.6 Å². The van der Waals surface area contributed by atoms with E-state index >= 15 is 0 Å². The lowest BCUT2D eigenvalue weighted by atomic mass is 9.61. The molecule has 7 nitrogen and oxygen atoms in total. The van der Waals surface area contributed by atoms with Gasteiger partial charge in [-0.25, -0.2) is 4.79 Å². The summed E-state index contributed by atoms with van der Waals surface area (Å²) in [6.45, 7) is 7.35. The number of thiocarbonyl (C=S) groups is 2. The van der Waals surface area contributed by atoms with Crippen LogP contribution in [0.4, 0.5) is 4.79 Å². The minimum atomic E-state index is -0.392. The normalized spacial score (nSPS) is 19.5. The molecule has 0 aromatic carbocycles. The van der Waals surface area contributed by atoms with Crippen LogP contribution in [0, 0.1) is 10.8 Å². The Kier molecular flexibility index (Phi) is 14.2. The minimum absolute atomic E-state index is 0.00616. The smallest absolute Gasteiger partial charge is 0.407 e. The first kappa shape index (κ1) is 34.4. The van der Waals surface area contributed by atoms with Gasteiger partial charge in [-0.1, -0.05) is 57.3 Å². The summed E-state index contributed by atoms with van der Waals surface area (Å²) in [5.74, 6) is 1.35. The zero-order valence-electron chi connectivity index (χ0n) is 24.6. The van der Waals surface area contributed by atoms with Crippen LogP contribution in [-0.2, 0) is 14.3 Å². The highest BCUT2D eigenvalue weighted by molar-refractivity contribution is 8.24. The van der Waals surface area contributed by atoms with Crippen LogP contribution >= 0.6 is 48.0 Å². The van der Waals surface area contributed by atoms with Crippen LogP contribution in [0.3, 0.4) is 0 Å². The molecule has 1 amide bonds. The Morgan fingerprint density at radius 2 is 1.48 bits per heavy atom. The van der Waals surface area contributed by atoms with Gasteiger partial charge in [0.1, 0.15) is 0 Å². The van der Waals surface area contributed by atoms with E-state index in [0.29, 0.717) is 32.5 Å². The van der Waals surface area contributed by atoms with E-state index in [0.717, 1.165) is 57.0 Å². The van der Waals surface area contributed by atoms with Crippen LogP contribution in [0.25, 0.3) is 0 Å². The van der Waals surface area contributed by atoms with Gasteiger partial charge in [-0.3, -0.25) is 14.8 Å². The molecule has 0 spiro atoms. The second-order valence-corrected chi connectivity index (χ2v) is 15.2. The Morgan fingerprint density at radius 1 is 0.905 bits per heavy atom. The number of nitrogens with one attached hydrogen (secondary N) is 1. The van der Waals surface area contributed by atoms with Crippen molar-refractivity contribution in [3.05, 3.63) is 60.2 Å². The summed E-state index contributed by atoms with van der Waals surface area (Å²) in [7, 11) is 0. The number of esters is 1. The number of amides is 1. The minimum Gasteiger partial charge on any atom is -0.466 e. The standard InChI is InChI=1S/C31H41N3O4S4/c1-30(2)20-23(34-29(36)38-17-9-19-42-28(40)25-11-5-7-15-33-25)21-31(3,22-30)13-12-26(35)37-16-8-18-41-27(39)24-10-4-6-14-32-24/h4-7,10-11,14-15,23H,8-9,12-13,16-22H2,1-3H3,(H,34,36). The Morgan fingerprint density at radius 3 is 2.02 bits per heavy atom. The molecule has 2 unspecified atom stereocenters. The Balaban J connectivity index is 1.31. The summed E-state index contributed by atoms with van der Waals surface area (Å²) in [6, 6.07) is 11.3. The van der Waals surface area contributed by atoms with Crippen molar-refractivity contribution >= 4 is 68.4 Å². The number of aromatic nitrogens is 2. The molecule has 2 aromatic heterocycles. The molecule has 0 aliphatic heterocycles. The molecule has 2 heterocycles. The summed E-state index contributed by atoms with van der Waals surface area (Å²) < 4.78 is 12.5. The van der Waals surface area contributed by atoms with Gasteiger partial charge < -0.3 is 14.8 Å². The third-order valence-corrected chi connectivity index (χ3v) is 10.0. The highest BCUT2D eigenvalue weighted by Crippen LogP contribution is 2.48. The molecule has 1 aliphatic carbocycles. The quantitative estimate of drug-likeness (QED) is 0.127. The van der Waals surface area contributed by atoms with E-state index in [2.05, 4.69) is 36.1 Å². The molecular formula is C31H41N3O4S4. The molecule has 1 fully saturated rings. The Hall–Kier alpha value is -2.08. The van der Waals surface area contributed by atoms with Crippen LogP contribution in [0.1, 0.15) is 77.1 Å². The third kappa shape index (κ3) is 12.7. The number of alkyl carbamates (subject to hydrolysis) is 1. The lowest BCUT2D eigenvalue weighted by Gasteiger charge is -2.46. The number of carbonyl (C=O) groups excluding carboxylic acids is 2. The summed E-state index contributed by atoms with van der Waals surface area (Å²) in [6.07, 6.45) is 8.23. The van der Waals surface area contributed by atoms with Crippen LogP contribution in [0.15, 0.2) is 48.8 Å². The molecule has 3 rings (SSSR count). The number of pyridine rings is 2. The van der Waals surface area contributed by atoms with Gasteiger partial charge in [0, 0.05) is 36.4 Å². The summed E-state index contributed by atoms with van der Waals surface area (Å²) in [5, 5.41) is 3.07. The summed E-state index contributed by atoms with van der Waals surface area (Å²) in [5.41, 5.74) is 1.55. The topological polar surface area (TPSA) is 90.4 Å².